The van der Waals surface area contributed by atoms with E-state index in [9.17, 15) is 14.9 Å². The quantitative estimate of drug-likeness (QED) is 0.0931. The molecule has 5 aromatic carbocycles. The molecule has 0 aliphatic carbocycles. The van der Waals surface area contributed by atoms with Gasteiger partial charge in [-0.15, -0.1) is 0 Å². The van der Waals surface area contributed by atoms with Gasteiger partial charge < -0.3 is 13.9 Å². The third-order valence-electron chi connectivity index (χ3n) is 7.53. The summed E-state index contributed by atoms with van der Waals surface area (Å²) in [5.41, 5.74) is 1.59. The zero-order chi connectivity index (χ0) is 31.6. The van der Waals surface area contributed by atoms with E-state index in [1.165, 1.54) is 12.3 Å². The minimum Gasteiger partial charge on any atom is -0.490 e. The number of furan rings is 1. The normalized spacial score (nSPS) is 11.5. The van der Waals surface area contributed by atoms with Crippen LogP contribution in [0.5, 0.6) is 11.5 Å². The lowest BCUT2D eigenvalue weighted by atomic mass is 10.1. The molecule has 0 saturated carbocycles. The van der Waals surface area contributed by atoms with Gasteiger partial charge in [0.15, 0.2) is 11.5 Å². The number of rotatable bonds is 9. The number of fused-ring (bicyclic) bond motifs is 3. The molecule has 0 N–H and O–H groups in total. The van der Waals surface area contributed by atoms with E-state index in [1.807, 2.05) is 66.7 Å². The van der Waals surface area contributed by atoms with E-state index in [0.717, 1.165) is 26.4 Å². The molecule has 7 aromatic rings. The molecule has 0 saturated heterocycles. The summed E-state index contributed by atoms with van der Waals surface area (Å²) in [6, 6.07) is 32.8. The number of ether oxygens (including phenoxy) is 2. The molecule has 2 aromatic heterocycles. The van der Waals surface area contributed by atoms with Crippen LogP contribution >= 0.6 is 0 Å². The molecule has 7 rings (SSSR count). The van der Waals surface area contributed by atoms with Crippen LogP contribution in [0.4, 0.5) is 5.69 Å². The van der Waals surface area contributed by atoms with Crippen LogP contribution in [-0.4, -0.2) is 27.4 Å². The molecule has 226 valence electrons. The zero-order valence-electron chi connectivity index (χ0n) is 24.6. The molecule has 2 heterocycles. The zero-order valence-corrected chi connectivity index (χ0v) is 24.6. The fourth-order valence-electron chi connectivity index (χ4n) is 5.40. The van der Waals surface area contributed by atoms with E-state index in [-0.39, 0.29) is 36.2 Å². The molecule has 0 aliphatic heterocycles. The van der Waals surface area contributed by atoms with Crippen molar-refractivity contribution in [2.24, 2.45) is 5.10 Å². The number of aromatic nitrogens is 2. The maximum atomic E-state index is 13.7. The fourth-order valence-corrected chi connectivity index (χ4v) is 5.40. The van der Waals surface area contributed by atoms with Crippen molar-refractivity contribution >= 4 is 44.5 Å². The van der Waals surface area contributed by atoms with Crippen molar-refractivity contribution in [2.75, 3.05) is 6.61 Å². The molecule has 0 fully saturated rings. The topological polar surface area (TPSA) is 122 Å². The summed E-state index contributed by atoms with van der Waals surface area (Å²) in [5, 5.41) is 20.0. The van der Waals surface area contributed by atoms with Crippen LogP contribution in [0.3, 0.4) is 0 Å². The summed E-state index contributed by atoms with van der Waals surface area (Å²) in [6.07, 6.45) is 1.36. The van der Waals surface area contributed by atoms with Gasteiger partial charge in [0.05, 0.1) is 28.6 Å². The standard InChI is InChI=1S/C36H26N4O6/c1-2-44-32-19-23(18-30(40(42)43)34(32)45-22-26-13-9-12-24-10-3-5-14-27(24)26)21-37-39-35(33-20-25-11-4-8-17-31(25)46-33)38-29-16-7-6-15-28(29)36(39)41/h3-21H,2,22H2,1H3. The molecular formula is C36H26N4O6. The van der Waals surface area contributed by atoms with Crippen LogP contribution in [0.25, 0.3) is 44.2 Å². The van der Waals surface area contributed by atoms with Crippen molar-refractivity contribution in [3.63, 3.8) is 0 Å². The molecule has 10 nitrogen and oxygen atoms in total. The van der Waals surface area contributed by atoms with E-state index in [2.05, 4.69) is 5.10 Å². The first-order chi connectivity index (χ1) is 22.5. The Hall–Kier alpha value is -6.29. The smallest absolute Gasteiger partial charge is 0.315 e. The third-order valence-corrected chi connectivity index (χ3v) is 7.53. The maximum absolute atomic E-state index is 13.7. The second kappa shape index (κ2) is 12.0. The van der Waals surface area contributed by atoms with Crippen LogP contribution < -0.4 is 15.0 Å². The summed E-state index contributed by atoms with van der Waals surface area (Å²) in [4.78, 5) is 30.2. The fraction of sp³-hybridized carbons (Fsp3) is 0.0833. The Bertz CT molecular complexity index is 2320. The number of benzene rings is 5. The van der Waals surface area contributed by atoms with Crippen molar-refractivity contribution in [3.05, 3.63) is 141 Å². The number of hydrogen-bond acceptors (Lipinski definition) is 8. The van der Waals surface area contributed by atoms with E-state index in [1.54, 1.807) is 43.3 Å². The largest absolute Gasteiger partial charge is 0.490 e. The second-order valence-corrected chi connectivity index (χ2v) is 10.4. The third kappa shape index (κ3) is 5.32. The molecular weight excluding hydrogens is 584 g/mol. The van der Waals surface area contributed by atoms with Gasteiger partial charge in [-0.05, 0) is 53.6 Å². The molecule has 0 spiro atoms. The van der Waals surface area contributed by atoms with E-state index < -0.39 is 10.5 Å². The summed E-state index contributed by atoms with van der Waals surface area (Å²) in [6.45, 7) is 2.11. The summed E-state index contributed by atoms with van der Waals surface area (Å²) < 4.78 is 19.1. The first-order valence-corrected chi connectivity index (χ1v) is 14.6. The van der Waals surface area contributed by atoms with Crippen molar-refractivity contribution in [3.8, 4) is 23.1 Å². The van der Waals surface area contributed by atoms with Gasteiger partial charge in [-0.2, -0.15) is 9.78 Å². The van der Waals surface area contributed by atoms with Crippen molar-refractivity contribution in [1.29, 1.82) is 0 Å². The minimum atomic E-state index is -0.526. The van der Waals surface area contributed by atoms with Crippen LogP contribution in [0.2, 0.25) is 0 Å². The summed E-state index contributed by atoms with van der Waals surface area (Å²) in [7, 11) is 0. The number of para-hydroxylation sites is 2. The minimum absolute atomic E-state index is 0.00411. The molecule has 0 aliphatic rings. The highest BCUT2D eigenvalue weighted by molar-refractivity contribution is 5.87. The molecule has 0 bridgehead atoms. The van der Waals surface area contributed by atoms with Gasteiger partial charge in [-0.25, -0.2) is 4.98 Å². The van der Waals surface area contributed by atoms with Gasteiger partial charge >= 0.3 is 5.69 Å². The molecule has 10 heteroatoms. The van der Waals surface area contributed by atoms with Gasteiger partial charge in [0.1, 0.15) is 12.2 Å². The number of hydrogen-bond donors (Lipinski definition) is 0. The van der Waals surface area contributed by atoms with Crippen molar-refractivity contribution < 1.29 is 18.8 Å². The monoisotopic (exact) mass is 610 g/mol. The Morgan fingerprint density at radius 1 is 0.891 bits per heavy atom. The predicted molar refractivity (Wildman–Crippen MR) is 177 cm³/mol. The number of nitro groups is 1. The molecule has 0 atom stereocenters. The average Bonchev–Trinajstić information content (AvgIpc) is 3.51. The lowest BCUT2D eigenvalue weighted by Gasteiger charge is -2.14. The van der Waals surface area contributed by atoms with Crippen molar-refractivity contribution in [1.82, 2.24) is 9.66 Å². The number of nitrogens with zero attached hydrogens (tertiary/aromatic N) is 4. The molecule has 0 radical (unpaired) electrons. The Morgan fingerprint density at radius 2 is 1.63 bits per heavy atom. The molecule has 0 unspecified atom stereocenters. The second-order valence-electron chi connectivity index (χ2n) is 10.4. The van der Waals surface area contributed by atoms with Gasteiger partial charge in [0.25, 0.3) is 5.56 Å². The SMILES string of the molecule is CCOc1cc(C=Nn2c(-c3cc4ccccc4o3)nc3ccccc3c2=O)cc([N+](=O)[O-])c1OCc1cccc2ccccc12. The Balaban J connectivity index is 1.31. The van der Waals surface area contributed by atoms with Gasteiger partial charge in [-0.1, -0.05) is 72.8 Å². The van der Waals surface area contributed by atoms with E-state index >= 15 is 0 Å². The van der Waals surface area contributed by atoms with Crippen molar-refractivity contribution in [2.45, 2.75) is 13.5 Å². The Labute approximate surface area is 261 Å². The van der Waals surface area contributed by atoms with E-state index in [4.69, 9.17) is 18.9 Å². The highest BCUT2D eigenvalue weighted by Gasteiger charge is 2.23. The van der Waals surface area contributed by atoms with Gasteiger partial charge in [0.2, 0.25) is 11.6 Å². The van der Waals surface area contributed by atoms with Gasteiger partial charge in [0, 0.05) is 17.0 Å². The summed E-state index contributed by atoms with van der Waals surface area (Å²) in [5.74, 6) is 0.717. The van der Waals surface area contributed by atoms with E-state index in [0.29, 0.717) is 27.8 Å². The van der Waals surface area contributed by atoms with Crippen LogP contribution in [0, 0.1) is 10.1 Å². The highest BCUT2D eigenvalue weighted by atomic mass is 16.6. The Kier molecular flexibility index (Phi) is 7.43. The lowest BCUT2D eigenvalue weighted by Crippen LogP contribution is -2.20. The molecule has 46 heavy (non-hydrogen) atoms. The lowest BCUT2D eigenvalue weighted by molar-refractivity contribution is -0.386. The average molecular weight is 611 g/mol. The Morgan fingerprint density at radius 3 is 2.43 bits per heavy atom. The number of nitro benzene ring substituents is 1. The first kappa shape index (κ1) is 28.5. The first-order valence-electron chi connectivity index (χ1n) is 14.6. The predicted octanol–water partition coefficient (Wildman–Crippen LogP) is 7.73. The molecule has 0 amide bonds. The van der Waals surface area contributed by atoms with Crippen LogP contribution in [0.15, 0.2) is 124 Å². The van der Waals surface area contributed by atoms with Crippen LogP contribution in [0.1, 0.15) is 18.1 Å². The highest BCUT2D eigenvalue weighted by Crippen LogP contribution is 2.39. The van der Waals surface area contributed by atoms with Crippen LogP contribution in [-0.2, 0) is 6.61 Å². The van der Waals surface area contributed by atoms with Gasteiger partial charge in [-0.3, -0.25) is 14.9 Å². The maximum Gasteiger partial charge on any atom is 0.315 e. The summed E-state index contributed by atoms with van der Waals surface area (Å²) >= 11 is 0.